The van der Waals surface area contributed by atoms with Crippen LogP contribution in [-0.2, 0) is 12.8 Å². The van der Waals surface area contributed by atoms with E-state index in [4.69, 9.17) is 0 Å². The lowest BCUT2D eigenvalue weighted by Crippen LogP contribution is -1.91. The van der Waals surface area contributed by atoms with Gasteiger partial charge in [0.15, 0.2) is 5.82 Å². The Balaban J connectivity index is 2.62. The molecule has 14 heavy (non-hydrogen) atoms. The van der Waals surface area contributed by atoms with Crippen molar-refractivity contribution in [1.82, 2.24) is 10.7 Å². The highest BCUT2D eigenvalue weighted by molar-refractivity contribution is 5.43. The predicted octanol–water partition coefficient (Wildman–Crippen LogP) is 3.40. The molecular formula is C12H20N2. The molecule has 1 aromatic rings. The quantitative estimate of drug-likeness (QED) is 0.717. The van der Waals surface area contributed by atoms with Crippen molar-refractivity contribution in [2.75, 3.05) is 0 Å². The van der Waals surface area contributed by atoms with E-state index >= 15 is 0 Å². The number of aromatic nitrogens is 1. The zero-order chi connectivity index (χ0) is 10.4. The van der Waals surface area contributed by atoms with Crippen molar-refractivity contribution < 1.29 is 0 Å². The number of H-pyrrole nitrogens is 1. The lowest BCUT2D eigenvalue weighted by atomic mass is 10.0. The molecule has 0 fully saturated rings. The van der Waals surface area contributed by atoms with Crippen molar-refractivity contribution >= 4 is 5.82 Å². The highest BCUT2D eigenvalue weighted by atomic mass is 14.8. The van der Waals surface area contributed by atoms with Crippen LogP contribution in [0.15, 0.2) is 6.20 Å². The van der Waals surface area contributed by atoms with Crippen molar-refractivity contribution in [2.45, 2.75) is 52.4 Å². The second-order valence-electron chi connectivity index (χ2n) is 3.85. The number of unbranched alkanes of at least 4 members (excludes halogenated alkanes) is 2. The summed E-state index contributed by atoms with van der Waals surface area (Å²) in [6, 6.07) is 0. The Kier molecular flexibility index (Phi) is 4.57. The maximum Gasteiger partial charge on any atom is 0.156 e. The molecule has 0 atom stereocenters. The summed E-state index contributed by atoms with van der Waals surface area (Å²) >= 11 is 0. The van der Waals surface area contributed by atoms with Gasteiger partial charge in [0.1, 0.15) is 0 Å². The number of hydrogen-bond acceptors (Lipinski definition) is 0. The third-order valence-corrected chi connectivity index (χ3v) is 2.64. The Bertz CT molecular complexity index is 263. The van der Waals surface area contributed by atoms with Crippen LogP contribution in [0.5, 0.6) is 0 Å². The first-order valence-electron chi connectivity index (χ1n) is 5.67. The van der Waals surface area contributed by atoms with Gasteiger partial charge in [-0.15, -0.1) is 5.73 Å². The third-order valence-electron chi connectivity index (χ3n) is 2.64. The standard InChI is InChI=1S/C12H20N2/c1-3-5-7-10-9-14-12(13)11(10)8-6-4-2/h9,14H,3-8H2,1-2H3. The monoisotopic (exact) mass is 192 g/mol. The molecule has 78 valence electrons. The van der Waals surface area contributed by atoms with E-state index in [1.54, 1.807) is 0 Å². The van der Waals surface area contributed by atoms with Crippen molar-refractivity contribution in [3.05, 3.63) is 17.3 Å². The molecule has 1 N–H and O–H groups in total. The first-order chi connectivity index (χ1) is 6.79. The summed E-state index contributed by atoms with van der Waals surface area (Å²) in [5, 5.41) is 0. The fraction of sp³-hybridized carbons (Fsp3) is 0.667. The minimum Gasteiger partial charge on any atom is -0.345 e. The van der Waals surface area contributed by atoms with Gasteiger partial charge in [0.2, 0.25) is 0 Å². The lowest BCUT2D eigenvalue weighted by Gasteiger charge is -2.02. The zero-order valence-corrected chi connectivity index (χ0v) is 9.27. The number of rotatable bonds is 6. The average Bonchev–Trinajstić information content (AvgIpc) is 2.53. The topological polar surface area (TPSA) is 38.1 Å². The van der Waals surface area contributed by atoms with Crippen LogP contribution < -0.4 is 5.73 Å². The number of aryl methyl sites for hydroxylation is 1. The largest absolute Gasteiger partial charge is 0.345 e. The molecule has 2 nitrogen and oxygen atoms in total. The first-order valence-corrected chi connectivity index (χ1v) is 5.67. The summed E-state index contributed by atoms with van der Waals surface area (Å²) in [6.45, 7) is 4.37. The van der Waals surface area contributed by atoms with E-state index in [2.05, 4.69) is 18.8 Å². The lowest BCUT2D eigenvalue weighted by molar-refractivity contribution is 0.762. The summed E-state index contributed by atoms with van der Waals surface area (Å²) in [5.41, 5.74) is 12.0. The van der Waals surface area contributed by atoms with Gasteiger partial charge in [-0.05, 0) is 31.2 Å². The Morgan fingerprint density at radius 1 is 1.14 bits per heavy atom. The van der Waals surface area contributed by atoms with Gasteiger partial charge in [0.25, 0.3) is 0 Å². The van der Waals surface area contributed by atoms with E-state index in [0.29, 0.717) is 5.82 Å². The van der Waals surface area contributed by atoms with Crippen LogP contribution in [-0.4, -0.2) is 4.98 Å². The fourth-order valence-electron chi connectivity index (χ4n) is 1.70. The Labute approximate surface area is 86.9 Å². The van der Waals surface area contributed by atoms with Gasteiger partial charge in [0.05, 0.1) is 0 Å². The van der Waals surface area contributed by atoms with Crippen molar-refractivity contribution in [3.63, 3.8) is 0 Å². The molecule has 0 aromatic carbocycles. The molecule has 0 amide bonds. The van der Waals surface area contributed by atoms with E-state index in [1.807, 2.05) is 6.20 Å². The van der Waals surface area contributed by atoms with E-state index in [0.717, 1.165) is 24.8 Å². The molecule has 2 radical (unpaired) electrons. The zero-order valence-electron chi connectivity index (χ0n) is 9.27. The molecule has 1 heterocycles. The van der Waals surface area contributed by atoms with Crippen LogP contribution in [0.1, 0.15) is 50.7 Å². The Morgan fingerprint density at radius 3 is 2.43 bits per heavy atom. The Morgan fingerprint density at radius 2 is 1.79 bits per heavy atom. The highest BCUT2D eigenvalue weighted by Crippen LogP contribution is 2.21. The second-order valence-corrected chi connectivity index (χ2v) is 3.85. The van der Waals surface area contributed by atoms with Gasteiger partial charge in [-0.25, -0.2) is 0 Å². The Hall–Kier alpha value is -0.920. The van der Waals surface area contributed by atoms with Gasteiger partial charge in [0, 0.05) is 11.8 Å². The van der Waals surface area contributed by atoms with Crippen LogP contribution in [0.2, 0.25) is 0 Å². The fourth-order valence-corrected chi connectivity index (χ4v) is 1.70. The highest BCUT2D eigenvalue weighted by Gasteiger charge is 2.08. The minimum atomic E-state index is 0.379. The molecular weight excluding hydrogens is 172 g/mol. The van der Waals surface area contributed by atoms with Gasteiger partial charge in [-0.3, -0.25) is 0 Å². The maximum absolute atomic E-state index is 9.60. The molecule has 1 aromatic heterocycles. The summed E-state index contributed by atoms with van der Waals surface area (Å²) in [6.07, 6.45) is 8.80. The van der Waals surface area contributed by atoms with Gasteiger partial charge in [-0.2, -0.15) is 0 Å². The van der Waals surface area contributed by atoms with Crippen molar-refractivity contribution in [3.8, 4) is 0 Å². The van der Waals surface area contributed by atoms with Gasteiger partial charge in [-0.1, -0.05) is 26.7 Å². The number of hydrogen-bond donors (Lipinski definition) is 1. The van der Waals surface area contributed by atoms with Crippen LogP contribution in [0, 0.1) is 0 Å². The van der Waals surface area contributed by atoms with Crippen LogP contribution in [0.25, 0.3) is 0 Å². The second kappa shape index (κ2) is 5.74. The third kappa shape index (κ3) is 2.79. The van der Waals surface area contributed by atoms with E-state index in [1.165, 1.54) is 24.8 Å². The van der Waals surface area contributed by atoms with Crippen LogP contribution >= 0.6 is 0 Å². The summed E-state index contributed by atoms with van der Waals surface area (Å²) in [5.74, 6) is 0.379. The number of nitrogens with zero attached hydrogens (tertiary/aromatic N) is 1. The molecule has 0 aliphatic rings. The SMILES string of the molecule is CCCCc1c[nH]c([N])c1CCCC. The molecule has 0 bridgehead atoms. The normalized spacial score (nSPS) is 10.7. The molecule has 0 aliphatic carbocycles. The molecule has 1 rings (SSSR count). The molecule has 2 heteroatoms. The average molecular weight is 192 g/mol. The van der Waals surface area contributed by atoms with Crippen molar-refractivity contribution in [2.24, 2.45) is 0 Å². The maximum atomic E-state index is 9.60. The van der Waals surface area contributed by atoms with E-state index < -0.39 is 0 Å². The number of nitrogens with one attached hydrogen (secondary N) is 1. The predicted molar refractivity (Wildman–Crippen MR) is 59.8 cm³/mol. The van der Waals surface area contributed by atoms with E-state index in [9.17, 15) is 5.73 Å². The molecule has 0 aliphatic heterocycles. The van der Waals surface area contributed by atoms with Crippen LogP contribution in [0.3, 0.4) is 0 Å². The smallest absolute Gasteiger partial charge is 0.156 e. The number of aromatic amines is 1. The molecule has 0 spiro atoms. The van der Waals surface area contributed by atoms with Gasteiger partial charge < -0.3 is 4.98 Å². The van der Waals surface area contributed by atoms with Gasteiger partial charge >= 0.3 is 0 Å². The summed E-state index contributed by atoms with van der Waals surface area (Å²) in [7, 11) is 0. The molecule has 0 saturated heterocycles. The minimum absolute atomic E-state index is 0.379. The van der Waals surface area contributed by atoms with Crippen LogP contribution in [0.4, 0.5) is 5.82 Å². The summed E-state index contributed by atoms with van der Waals surface area (Å²) in [4.78, 5) is 2.91. The summed E-state index contributed by atoms with van der Waals surface area (Å²) < 4.78 is 0. The van der Waals surface area contributed by atoms with Crippen molar-refractivity contribution in [1.29, 1.82) is 0 Å². The van der Waals surface area contributed by atoms with E-state index in [-0.39, 0.29) is 0 Å². The molecule has 0 saturated carbocycles. The molecule has 0 unspecified atom stereocenters. The first kappa shape index (κ1) is 11.2.